The monoisotopic (exact) mass is 463 g/mol. The minimum atomic E-state index is -4.27. The third-order valence-electron chi connectivity index (χ3n) is 6.79. The molecule has 178 valence electrons. The number of hydrogen-bond acceptors (Lipinski definition) is 6. The fraction of sp³-hybridized carbons (Fsp3) is 0.636. The smallest absolute Gasteiger partial charge is 0.356 e. The van der Waals surface area contributed by atoms with Crippen LogP contribution in [0.4, 0.5) is 24.8 Å². The van der Waals surface area contributed by atoms with E-state index in [0.29, 0.717) is 25.2 Å². The van der Waals surface area contributed by atoms with Gasteiger partial charge < -0.3 is 19.7 Å². The largest absolute Gasteiger partial charge is 0.394 e. The van der Waals surface area contributed by atoms with E-state index in [1.54, 1.807) is 6.20 Å². The van der Waals surface area contributed by atoms with Gasteiger partial charge in [0.05, 0.1) is 12.1 Å². The first kappa shape index (κ1) is 22.1. The number of anilines is 2. The van der Waals surface area contributed by atoms with E-state index in [4.69, 9.17) is 0 Å². The van der Waals surface area contributed by atoms with Gasteiger partial charge >= 0.3 is 6.18 Å². The minimum absolute atomic E-state index is 0.0365. The molecule has 11 heteroatoms. The van der Waals surface area contributed by atoms with Gasteiger partial charge in [-0.2, -0.15) is 13.2 Å². The molecule has 0 aromatic carbocycles. The second kappa shape index (κ2) is 8.92. The molecule has 1 amide bonds. The Labute approximate surface area is 190 Å². The normalized spacial score (nSPS) is 19.8. The molecule has 1 N–H and O–H groups in total. The van der Waals surface area contributed by atoms with Crippen LogP contribution in [0.15, 0.2) is 12.5 Å². The van der Waals surface area contributed by atoms with E-state index in [-0.39, 0.29) is 17.5 Å². The molecular weight excluding hydrogens is 435 g/mol. The van der Waals surface area contributed by atoms with Gasteiger partial charge in [0.15, 0.2) is 0 Å². The molecule has 2 saturated heterocycles. The van der Waals surface area contributed by atoms with Crippen LogP contribution in [0.25, 0.3) is 0 Å². The van der Waals surface area contributed by atoms with Crippen molar-refractivity contribution in [3.05, 3.63) is 29.6 Å². The van der Waals surface area contributed by atoms with Crippen molar-refractivity contribution < 1.29 is 18.0 Å². The highest BCUT2D eigenvalue weighted by molar-refractivity contribution is 5.93. The number of rotatable bonds is 6. The molecule has 0 spiro atoms. The van der Waals surface area contributed by atoms with Crippen LogP contribution in [0, 0.1) is 0 Å². The number of likely N-dealkylation sites (tertiary alicyclic amines) is 1. The Balaban J connectivity index is 1.30. The lowest BCUT2D eigenvalue weighted by molar-refractivity contribution is -0.127. The number of amides is 1. The standard InChI is InChI=1S/C22H28F3N7O/c23-22(24,25)12-16-13-32(11-10-30-6-1-7-30)20(28-16)15-4-8-31(9-5-15)21-17-2-3-18(33)29-19(17)26-14-27-21/h13-15H,1-12H2,(H,26,27,29,33). The highest BCUT2D eigenvalue weighted by Gasteiger charge is 2.32. The van der Waals surface area contributed by atoms with Gasteiger partial charge in [0.25, 0.3) is 0 Å². The maximum atomic E-state index is 13.0. The number of carbonyl (C=O) groups excluding carboxylic acids is 1. The SMILES string of the molecule is O=C1CCc2c(ncnc2N2CCC(c3nc(CC(F)(F)F)cn3CCN3CCC3)CC2)N1. The summed E-state index contributed by atoms with van der Waals surface area (Å²) in [6.45, 7) is 5.08. The van der Waals surface area contributed by atoms with Crippen LogP contribution in [-0.4, -0.2) is 69.2 Å². The van der Waals surface area contributed by atoms with Gasteiger partial charge in [-0.15, -0.1) is 0 Å². The van der Waals surface area contributed by atoms with Gasteiger partial charge in [-0.3, -0.25) is 4.79 Å². The molecule has 2 aromatic heterocycles. The molecule has 0 bridgehead atoms. The van der Waals surface area contributed by atoms with Crippen molar-refractivity contribution >= 4 is 17.5 Å². The van der Waals surface area contributed by atoms with Gasteiger partial charge in [0.2, 0.25) is 5.91 Å². The Bertz CT molecular complexity index is 1010. The molecule has 2 aromatic rings. The molecule has 3 aliphatic rings. The summed E-state index contributed by atoms with van der Waals surface area (Å²) in [5.74, 6) is 2.27. The first-order chi connectivity index (χ1) is 15.9. The molecule has 3 aliphatic heterocycles. The third kappa shape index (κ3) is 4.97. The van der Waals surface area contributed by atoms with Crippen LogP contribution >= 0.6 is 0 Å². The van der Waals surface area contributed by atoms with E-state index in [2.05, 4.69) is 30.1 Å². The Morgan fingerprint density at radius 3 is 2.55 bits per heavy atom. The highest BCUT2D eigenvalue weighted by Crippen LogP contribution is 2.34. The molecule has 5 rings (SSSR count). The van der Waals surface area contributed by atoms with Gasteiger partial charge in [-0.25, -0.2) is 15.0 Å². The number of alkyl halides is 3. The molecule has 0 aliphatic carbocycles. The maximum Gasteiger partial charge on any atom is 0.394 e. The van der Waals surface area contributed by atoms with Crippen molar-refractivity contribution in [3.8, 4) is 0 Å². The molecule has 0 radical (unpaired) electrons. The molecule has 33 heavy (non-hydrogen) atoms. The molecule has 2 fully saturated rings. The zero-order valence-electron chi connectivity index (χ0n) is 18.4. The Morgan fingerprint density at radius 1 is 1.06 bits per heavy atom. The van der Waals surface area contributed by atoms with Crippen LogP contribution in [0.5, 0.6) is 0 Å². The number of piperidine rings is 1. The van der Waals surface area contributed by atoms with Gasteiger partial charge in [0, 0.05) is 50.3 Å². The fourth-order valence-electron chi connectivity index (χ4n) is 4.93. The van der Waals surface area contributed by atoms with Crippen molar-refractivity contribution in [2.45, 2.75) is 57.2 Å². The summed E-state index contributed by atoms with van der Waals surface area (Å²) < 4.78 is 40.9. The van der Waals surface area contributed by atoms with Crippen molar-refractivity contribution in [2.24, 2.45) is 0 Å². The summed E-state index contributed by atoms with van der Waals surface area (Å²) in [7, 11) is 0. The summed E-state index contributed by atoms with van der Waals surface area (Å²) in [4.78, 5) is 29.3. The Morgan fingerprint density at radius 2 is 1.85 bits per heavy atom. The van der Waals surface area contributed by atoms with Crippen LogP contribution in [-0.2, 0) is 24.2 Å². The lowest BCUT2D eigenvalue weighted by Gasteiger charge is -2.35. The molecule has 0 unspecified atom stereocenters. The van der Waals surface area contributed by atoms with Crippen molar-refractivity contribution in [3.63, 3.8) is 0 Å². The summed E-state index contributed by atoms with van der Waals surface area (Å²) in [6.07, 6.45) is 1.60. The third-order valence-corrected chi connectivity index (χ3v) is 6.79. The van der Waals surface area contributed by atoms with Crippen LogP contribution < -0.4 is 10.2 Å². The topological polar surface area (TPSA) is 79.2 Å². The zero-order valence-corrected chi connectivity index (χ0v) is 18.4. The molecule has 0 atom stereocenters. The average molecular weight is 464 g/mol. The minimum Gasteiger partial charge on any atom is -0.356 e. The Kier molecular flexibility index (Phi) is 5.98. The van der Waals surface area contributed by atoms with Gasteiger partial charge in [-0.05, 0) is 38.8 Å². The maximum absolute atomic E-state index is 13.0. The number of nitrogens with one attached hydrogen (secondary N) is 1. The second-order valence-electron chi connectivity index (χ2n) is 9.10. The number of halogens is 3. The van der Waals surface area contributed by atoms with E-state index in [1.165, 1.54) is 12.7 Å². The van der Waals surface area contributed by atoms with Crippen LogP contribution in [0.1, 0.15) is 48.7 Å². The first-order valence-electron chi connectivity index (χ1n) is 11.6. The van der Waals surface area contributed by atoms with Crippen molar-refractivity contribution in [2.75, 3.05) is 42.9 Å². The van der Waals surface area contributed by atoms with E-state index in [0.717, 1.165) is 62.8 Å². The van der Waals surface area contributed by atoms with E-state index in [9.17, 15) is 18.0 Å². The number of hydrogen-bond donors (Lipinski definition) is 1. The molecule has 8 nitrogen and oxygen atoms in total. The predicted molar refractivity (Wildman–Crippen MR) is 116 cm³/mol. The molecule has 0 saturated carbocycles. The first-order valence-corrected chi connectivity index (χ1v) is 11.6. The molecular formula is C22H28F3N7O. The summed E-state index contributed by atoms with van der Waals surface area (Å²) in [5, 5.41) is 2.81. The highest BCUT2D eigenvalue weighted by atomic mass is 19.4. The van der Waals surface area contributed by atoms with E-state index in [1.807, 2.05) is 4.57 Å². The van der Waals surface area contributed by atoms with Crippen molar-refractivity contribution in [1.29, 1.82) is 0 Å². The van der Waals surface area contributed by atoms with E-state index < -0.39 is 12.6 Å². The second-order valence-corrected chi connectivity index (χ2v) is 9.10. The molecule has 5 heterocycles. The van der Waals surface area contributed by atoms with Gasteiger partial charge in [-0.1, -0.05) is 0 Å². The van der Waals surface area contributed by atoms with E-state index >= 15 is 0 Å². The van der Waals surface area contributed by atoms with Crippen LogP contribution in [0.3, 0.4) is 0 Å². The summed E-state index contributed by atoms with van der Waals surface area (Å²) in [5.41, 5.74) is 1.06. The van der Waals surface area contributed by atoms with Crippen molar-refractivity contribution in [1.82, 2.24) is 24.4 Å². The van der Waals surface area contributed by atoms with Gasteiger partial charge in [0.1, 0.15) is 23.8 Å². The predicted octanol–water partition coefficient (Wildman–Crippen LogP) is 2.75. The fourth-order valence-corrected chi connectivity index (χ4v) is 4.93. The number of imidazole rings is 1. The summed E-state index contributed by atoms with van der Waals surface area (Å²) >= 11 is 0. The number of aromatic nitrogens is 4. The average Bonchev–Trinajstić information content (AvgIpc) is 3.13. The summed E-state index contributed by atoms with van der Waals surface area (Å²) in [6, 6.07) is 0. The lowest BCUT2D eigenvalue weighted by atomic mass is 9.95. The zero-order chi connectivity index (χ0) is 23.0. The lowest BCUT2D eigenvalue weighted by Crippen LogP contribution is -2.39. The number of carbonyl (C=O) groups is 1. The Hall–Kier alpha value is -2.69. The number of nitrogens with zero attached hydrogens (tertiary/aromatic N) is 6. The number of fused-ring (bicyclic) bond motifs is 1. The van der Waals surface area contributed by atoms with Crippen LogP contribution in [0.2, 0.25) is 0 Å². The quantitative estimate of drug-likeness (QED) is 0.710.